The third-order valence-corrected chi connectivity index (χ3v) is 6.21. The van der Waals surface area contributed by atoms with Gasteiger partial charge < -0.3 is 9.80 Å². The number of nitrogens with zero attached hydrogens (tertiary/aromatic N) is 5. The number of pyridine rings is 1. The molecule has 29 heavy (non-hydrogen) atoms. The first-order chi connectivity index (χ1) is 14.0. The predicted molar refractivity (Wildman–Crippen MR) is 107 cm³/mol. The van der Waals surface area contributed by atoms with E-state index in [1.54, 1.807) is 6.20 Å². The van der Waals surface area contributed by atoms with Gasteiger partial charge in [-0.3, -0.25) is 19.7 Å². The molecule has 0 atom stereocenters. The van der Waals surface area contributed by atoms with Gasteiger partial charge in [0.2, 0.25) is 11.8 Å². The Morgan fingerprint density at radius 1 is 1.24 bits per heavy atom. The molecule has 4 heterocycles. The minimum Gasteiger partial charge on any atom is -0.343 e. The third kappa shape index (κ3) is 4.63. The molecule has 2 aliphatic rings. The van der Waals surface area contributed by atoms with E-state index >= 15 is 0 Å². The lowest BCUT2D eigenvalue weighted by Crippen LogP contribution is -2.52. The largest absolute Gasteiger partial charge is 0.343 e. The van der Waals surface area contributed by atoms with Gasteiger partial charge >= 0.3 is 0 Å². The van der Waals surface area contributed by atoms with Crippen molar-refractivity contribution < 1.29 is 9.59 Å². The number of rotatable bonds is 5. The van der Waals surface area contributed by atoms with Crippen LogP contribution in [-0.2, 0) is 22.6 Å². The van der Waals surface area contributed by atoms with Gasteiger partial charge in [-0.2, -0.15) is 5.10 Å². The van der Waals surface area contributed by atoms with Crippen LogP contribution in [0.25, 0.3) is 0 Å². The molecule has 0 radical (unpaired) electrons. The summed E-state index contributed by atoms with van der Waals surface area (Å²) in [5, 5.41) is 6.91. The first-order valence-electron chi connectivity index (χ1n) is 10.4. The van der Waals surface area contributed by atoms with E-state index in [2.05, 4.69) is 20.2 Å². The zero-order valence-corrected chi connectivity index (χ0v) is 16.9. The zero-order valence-electron chi connectivity index (χ0n) is 16.9. The smallest absolute Gasteiger partial charge is 0.223 e. The summed E-state index contributed by atoms with van der Waals surface area (Å²) in [6.07, 6.45) is 6.18. The Balaban J connectivity index is 1.30. The van der Waals surface area contributed by atoms with E-state index in [4.69, 9.17) is 0 Å². The van der Waals surface area contributed by atoms with E-state index in [0.29, 0.717) is 31.6 Å². The van der Waals surface area contributed by atoms with Crippen molar-refractivity contribution in [1.29, 1.82) is 0 Å². The number of aryl methyl sites for hydroxylation is 2. The van der Waals surface area contributed by atoms with Gasteiger partial charge in [0.05, 0.1) is 12.2 Å². The topological polar surface area (TPSA) is 95.1 Å². The molecule has 1 N–H and O–H groups in total. The molecular formula is C21H28N6O2. The molecule has 0 saturated carbocycles. The molecule has 2 aromatic heterocycles. The van der Waals surface area contributed by atoms with Crippen molar-refractivity contribution in [3.63, 3.8) is 0 Å². The Morgan fingerprint density at radius 3 is 2.76 bits per heavy atom. The quantitative estimate of drug-likeness (QED) is 0.833. The molecule has 8 nitrogen and oxygen atoms in total. The molecule has 4 rings (SSSR count). The monoisotopic (exact) mass is 396 g/mol. The second-order valence-electron chi connectivity index (χ2n) is 8.29. The van der Waals surface area contributed by atoms with Crippen LogP contribution >= 0.6 is 0 Å². The highest BCUT2D eigenvalue weighted by atomic mass is 16.2. The summed E-state index contributed by atoms with van der Waals surface area (Å²) >= 11 is 0. The zero-order chi connectivity index (χ0) is 20.3. The lowest BCUT2D eigenvalue weighted by Gasteiger charge is -2.47. The minimum absolute atomic E-state index is 0.125. The highest BCUT2D eigenvalue weighted by molar-refractivity contribution is 5.77. The summed E-state index contributed by atoms with van der Waals surface area (Å²) in [6.45, 7) is 4.71. The summed E-state index contributed by atoms with van der Waals surface area (Å²) in [4.78, 5) is 37.6. The maximum atomic E-state index is 12.6. The summed E-state index contributed by atoms with van der Waals surface area (Å²) < 4.78 is 0. The molecular weight excluding hydrogens is 368 g/mol. The van der Waals surface area contributed by atoms with E-state index < -0.39 is 0 Å². The van der Waals surface area contributed by atoms with Gasteiger partial charge in [-0.05, 0) is 43.7 Å². The standard InChI is InChI=1S/C21H28N6O2/c1-16-23-18(25-24-16)5-6-19(28)26-12-9-21(10-13-26)8-7-20(29)27(15-21)14-17-4-2-3-11-22-17/h2-4,11H,5-10,12-15H2,1H3,(H,23,24,25). The van der Waals surface area contributed by atoms with Gasteiger partial charge in [-0.25, -0.2) is 4.98 Å². The van der Waals surface area contributed by atoms with Crippen molar-refractivity contribution in [3.05, 3.63) is 41.7 Å². The van der Waals surface area contributed by atoms with Crippen LogP contribution in [0.1, 0.15) is 49.4 Å². The molecule has 0 bridgehead atoms. The highest BCUT2D eigenvalue weighted by Gasteiger charge is 2.41. The predicted octanol–water partition coefficient (Wildman–Crippen LogP) is 1.87. The van der Waals surface area contributed by atoms with Gasteiger partial charge in [0.15, 0.2) is 5.82 Å². The molecule has 0 aromatic carbocycles. The number of carbonyl (C=O) groups is 2. The van der Waals surface area contributed by atoms with Gasteiger partial charge in [0.25, 0.3) is 0 Å². The number of hydrogen-bond acceptors (Lipinski definition) is 5. The van der Waals surface area contributed by atoms with Crippen LogP contribution in [0.5, 0.6) is 0 Å². The van der Waals surface area contributed by atoms with E-state index in [9.17, 15) is 9.59 Å². The molecule has 2 fully saturated rings. The second-order valence-corrected chi connectivity index (χ2v) is 8.29. The summed E-state index contributed by atoms with van der Waals surface area (Å²) in [7, 11) is 0. The lowest BCUT2D eigenvalue weighted by atomic mass is 9.72. The Kier molecular flexibility index (Phi) is 5.60. The fraction of sp³-hybridized carbons (Fsp3) is 0.571. The molecule has 8 heteroatoms. The van der Waals surface area contributed by atoms with Crippen molar-refractivity contribution in [2.24, 2.45) is 5.41 Å². The Bertz CT molecular complexity index is 857. The molecule has 0 aliphatic carbocycles. The molecule has 154 valence electrons. The van der Waals surface area contributed by atoms with Crippen LogP contribution in [0.3, 0.4) is 0 Å². The van der Waals surface area contributed by atoms with Crippen molar-refractivity contribution in [2.45, 2.75) is 52.0 Å². The Morgan fingerprint density at radius 2 is 2.07 bits per heavy atom. The van der Waals surface area contributed by atoms with E-state index in [-0.39, 0.29) is 17.2 Å². The fourth-order valence-electron chi connectivity index (χ4n) is 4.45. The SMILES string of the molecule is Cc1nc(CCC(=O)N2CCC3(CCC(=O)N(Cc4ccccn4)C3)CC2)n[nH]1. The van der Waals surface area contributed by atoms with Gasteiger partial charge in [0, 0.05) is 45.1 Å². The maximum Gasteiger partial charge on any atom is 0.223 e. The number of nitrogens with one attached hydrogen (secondary N) is 1. The molecule has 2 saturated heterocycles. The Hall–Kier alpha value is -2.77. The number of amides is 2. The van der Waals surface area contributed by atoms with Crippen molar-refractivity contribution in [3.8, 4) is 0 Å². The number of aromatic nitrogens is 4. The summed E-state index contributed by atoms with van der Waals surface area (Å²) in [6, 6.07) is 5.81. The maximum absolute atomic E-state index is 12.6. The first-order valence-corrected chi connectivity index (χ1v) is 10.4. The van der Waals surface area contributed by atoms with Gasteiger partial charge in [-0.15, -0.1) is 0 Å². The van der Waals surface area contributed by atoms with Crippen LogP contribution in [0, 0.1) is 12.3 Å². The molecule has 0 unspecified atom stereocenters. The minimum atomic E-state index is 0.125. The van der Waals surface area contributed by atoms with Crippen LogP contribution < -0.4 is 0 Å². The van der Waals surface area contributed by atoms with Crippen LogP contribution in [0.15, 0.2) is 24.4 Å². The molecule has 2 aliphatic heterocycles. The number of aromatic amines is 1. The highest BCUT2D eigenvalue weighted by Crippen LogP contribution is 2.40. The number of carbonyl (C=O) groups excluding carboxylic acids is 2. The van der Waals surface area contributed by atoms with Gasteiger partial charge in [-0.1, -0.05) is 6.07 Å². The average molecular weight is 396 g/mol. The average Bonchev–Trinajstić information content (AvgIpc) is 3.16. The van der Waals surface area contributed by atoms with E-state index in [1.165, 1.54) is 0 Å². The fourth-order valence-corrected chi connectivity index (χ4v) is 4.45. The van der Waals surface area contributed by atoms with Crippen LogP contribution in [0.4, 0.5) is 0 Å². The number of likely N-dealkylation sites (tertiary alicyclic amines) is 2. The second kappa shape index (κ2) is 8.31. The summed E-state index contributed by atoms with van der Waals surface area (Å²) in [5.41, 5.74) is 1.05. The number of piperidine rings is 2. The van der Waals surface area contributed by atoms with Crippen LogP contribution in [-0.4, -0.2) is 61.4 Å². The van der Waals surface area contributed by atoms with Gasteiger partial charge in [0.1, 0.15) is 5.82 Å². The normalized spacial score (nSPS) is 19.0. The van der Waals surface area contributed by atoms with E-state index in [1.807, 2.05) is 34.9 Å². The van der Waals surface area contributed by atoms with Crippen LogP contribution in [0.2, 0.25) is 0 Å². The van der Waals surface area contributed by atoms with Crippen molar-refractivity contribution in [2.75, 3.05) is 19.6 Å². The van der Waals surface area contributed by atoms with E-state index in [0.717, 1.165) is 50.4 Å². The summed E-state index contributed by atoms with van der Waals surface area (Å²) in [5.74, 6) is 1.84. The molecule has 2 aromatic rings. The Labute approximate surface area is 170 Å². The third-order valence-electron chi connectivity index (χ3n) is 6.21. The lowest BCUT2D eigenvalue weighted by molar-refractivity contribution is -0.143. The first kappa shape index (κ1) is 19.5. The number of hydrogen-bond donors (Lipinski definition) is 1. The molecule has 2 amide bonds. The van der Waals surface area contributed by atoms with Crippen molar-refractivity contribution >= 4 is 11.8 Å². The number of H-pyrrole nitrogens is 1. The van der Waals surface area contributed by atoms with Crippen molar-refractivity contribution in [1.82, 2.24) is 30.0 Å². The molecule has 1 spiro atoms.